The first-order valence-corrected chi connectivity index (χ1v) is 5.04. The van der Waals surface area contributed by atoms with Crippen molar-refractivity contribution in [3.8, 4) is 0 Å². The Hall–Kier alpha value is -0.850. The third-order valence-corrected chi connectivity index (χ3v) is 2.91. The fourth-order valence-electron chi connectivity index (χ4n) is 2.14. The molecule has 0 bridgehead atoms. The van der Waals surface area contributed by atoms with Crippen molar-refractivity contribution in [3.63, 3.8) is 0 Å². The topological polar surface area (TPSA) is 0 Å². The number of hydrogen-bond acceptors (Lipinski definition) is 0. The van der Waals surface area contributed by atoms with Crippen molar-refractivity contribution in [2.24, 2.45) is 5.92 Å². The first-order chi connectivity index (χ1) is 6.36. The van der Waals surface area contributed by atoms with Crippen LogP contribution >= 0.6 is 0 Å². The molecule has 0 heterocycles. The molecule has 0 nitrogen and oxygen atoms in total. The van der Waals surface area contributed by atoms with Gasteiger partial charge in [-0.25, -0.2) is 4.39 Å². The zero-order valence-electron chi connectivity index (χ0n) is 7.75. The van der Waals surface area contributed by atoms with Gasteiger partial charge in [-0.2, -0.15) is 0 Å². The van der Waals surface area contributed by atoms with E-state index in [1.165, 1.54) is 5.56 Å². The highest BCUT2D eigenvalue weighted by Crippen LogP contribution is 2.30. The van der Waals surface area contributed by atoms with Crippen molar-refractivity contribution < 1.29 is 4.39 Å². The Morgan fingerprint density at radius 3 is 2.54 bits per heavy atom. The summed E-state index contributed by atoms with van der Waals surface area (Å²) in [4.78, 5) is 0. The molecular formula is C12H15F. The molecule has 13 heavy (non-hydrogen) atoms. The zero-order chi connectivity index (χ0) is 9.10. The van der Waals surface area contributed by atoms with Gasteiger partial charge in [0.2, 0.25) is 0 Å². The van der Waals surface area contributed by atoms with Crippen LogP contribution < -0.4 is 0 Å². The van der Waals surface area contributed by atoms with Crippen molar-refractivity contribution in [2.45, 2.75) is 31.9 Å². The number of rotatable bonds is 2. The molecule has 0 spiro atoms. The Morgan fingerprint density at radius 2 is 1.92 bits per heavy atom. The predicted molar refractivity (Wildman–Crippen MR) is 52.4 cm³/mol. The van der Waals surface area contributed by atoms with Gasteiger partial charge in [0.05, 0.1) is 0 Å². The van der Waals surface area contributed by atoms with Gasteiger partial charge in [0, 0.05) is 0 Å². The minimum Gasteiger partial charge on any atom is -0.247 e. The molecule has 2 atom stereocenters. The summed E-state index contributed by atoms with van der Waals surface area (Å²) in [6.45, 7) is 0. The zero-order valence-corrected chi connectivity index (χ0v) is 7.75. The SMILES string of the molecule is F[C@@H]1CCC[C@H]1Cc1ccccc1. The second-order valence-corrected chi connectivity index (χ2v) is 3.90. The predicted octanol–water partition coefficient (Wildman–Crippen LogP) is 3.37. The molecule has 0 N–H and O–H groups in total. The maximum absolute atomic E-state index is 13.3. The third-order valence-electron chi connectivity index (χ3n) is 2.91. The van der Waals surface area contributed by atoms with Gasteiger partial charge in [-0.1, -0.05) is 36.8 Å². The van der Waals surface area contributed by atoms with Gasteiger partial charge in [-0.3, -0.25) is 0 Å². The van der Waals surface area contributed by atoms with Crippen LogP contribution in [0.4, 0.5) is 4.39 Å². The van der Waals surface area contributed by atoms with Crippen LogP contribution in [0.25, 0.3) is 0 Å². The lowest BCUT2D eigenvalue weighted by Gasteiger charge is -2.11. The van der Waals surface area contributed by atoms with Crippen LogP contribution in [-0.2, 0) is 6.42 Å². The van der Waals surface area contributed by atoms with Crippen LogP contribution in [0.15, 0.2) is 30.3 Å². The average molecular weight is 178 g/mol. The van der Waals surface area contributed by atoms with Crippen molar-refractivity contribution in [1.82, 2.24) is 0 Å². The normalized spacial score (nSPS) is 27.8. The van der Waals surface area contributed by atoms with Crippen molar-refractivity contribution >= 4 is 0 Å². The molecule has 1 saturated carbocycles. The molecule has 1 aliphatic rings. The molecule has 70 valence electrons. The molecule has 1 aliphatic carbocycles. The first kappa shape index (κ1) is 8.74. The lowest BCUT2D eigenvalue weighted by molar-refractivity contribution is 0.262. The summed E-state index contributed by atoms with van der Waals surface area (Å²) < 4.78 is 13.3. The van der Waals surface area contributed by atoms with E-state index in [4.69, 9.17) is 0 Å². The summed E-state index contributed by atoms with van der Waals surface area (Å²) in [5.74, 6) is 0.280. The molecule has 2 rings (SSSR count). The van der Waals surface area contributed by atoms with Gasteiger partial charge in [0.15, 0.2) is 0 Å². The fraction of sp³-hybridized carbons (Fsp3) is 0.500. The Bertz CT molecular complexity index is 255. The van der Waals surface area contributed by atoms with E-state index in [1.807, 2.05) is 18.2 Å². The molecule has 0 unspecified atom stereocenters. The quantitative estimate of drug-likeness (QED) is 0.651. The average Bonchev–Trinajstić information content (AvgIpc) is 2.54. The van der Waals surface area contributed by atoms with Gasteiger partial charge in [0.25, 0.3) is 0 Å². The third kappa shape index (κ3) is 2.09. The standard InChI is InChI=1S/C12H15F/c13-12-8-4-7-11(12)9-10-5-2-1-3-6-10/h1-3,5-6,11-12H,4,7-9H2/t11-,12+/m0/s1. The molecule has 1 aromatic rings. The molecule has 1 aromatic carbocycles. The van der Waals surface area contributed by atoms with E-state index >= 15 is 0 Å². The summed E-state index contributed by atoms with van der Waals surface area (Å²) in [6.07, 6.45) is 3.27. The van der Waals surface area contributed by atoms with Crippen molar-refractivity contribution in [2.75, 3.05) is 0 Å². The summed E-state index contributed by atoms with van der Waals surface area (Å²) in [7, 11) is 0. The van der Waals surface area contributed by atoms with E-state index in [0.29, 0.717) is 0 Å². The highest BCUT2D eigenvalue weighted by molar-refractivity contribution is 5.15. The van der Waals surface area contributed by atoms with Crippen LogP contribution in [0, 0.1) is 5.92 Å². The van der Waals surface area contributed by atoms with Crippen LogP contribution in [0.1, 0.15) is 24.8 Å². The molecule has 0 amide bonds. The number of alkyl halides is 1. The Morgan fingerprint density at radius 1 is 1.15 bits per heavy atom. The number of benzene rings is 1. The molecule has 0 radical (unpaired) electrons. The monoisotopic (exact) mass is 178 g/mol. The van der Waals surface area contributed by atoms with Crippen molar-refractivity contribution in [3.05, 3.63) is 35.9 Å². The molecule has 0 aliphatic heterocycles. The Balaban J connectivity index is 1.98. The fourth-order valence-corrected chi connectivity index (χ4v) is 2.14. The first-order valence-electron chi connectivity index (χ1n) is 5.04. The Kier molecular flexibility index (Phi) is 2.62. The van der Waals surface area contributed by atoms with Crippen LogP contribution in [0.3, 0.4) is 0 Å². The van der Waals surface area contributed by atoms with Crippen LogP contribution in [0.2, 0.25) is 0 Å². The summed E-state index contributed by atoms with van der Waals surface area (Å²) in [6, 6.07) is 10.2. The maximum atomic E-state index is 13.3. The highest BCUT2D eigenvalue weighted by atomic mass is 19.1. The molecule has 1 fully saturated rings. The second-order valence-electron chi connectivity index (χ2n) is 3.90. The van der Waals surface area contributed by atoms with Gasteiger partial charge in [-0.05, 0) is 30.7 Å². The summed E-state index contributed by atoms with van der Waals surface area (Å²) >= 11 is 0. The van der Waals surface area contributed by atoms with Gasteiger partial charge in [0.1, 0.15) is 6.17 Å². The lowest BCUT2D eigenvalue weighted by Crippen LogP contribution is -2.10. The van der Waals surface area contributed by atoms with E-state index < -0.39 is 6.17 Å². The van der Waals surface area contributed by atoms with E-state index in [0.717, 1.165) is 25.7 Å². The van der Waals surface area contributed by atoms with E-state index in [2.05, 4.69) is 12.1 Å². The summed E-state index contributed by atoms with van der Waals surface area (Å²) in [5, 5.41) is 0. The molecule has 1 heteroatoms. The van der Waals surface area contributed by atoms with Gasteiger partial charge >= 0.3 is 0 Å². The minimum atomic E-state index is -0.555. The smallest absolute Gasteiger partial charge is 0.103 e. The Labute approximate surface area is 78.8 Å². The van der Waals surface area contributed by atoms with E-state index in [9.17, 15) is 4.39 Å². The van der Waals surface area contributed by atoms with Crippen LogP contribution in [-0.4, -0.2) is 6.17 Å². The van der Waals surface area contributed by atoms with Crippen LogP contribution in [0.5, 0.6) is 0 Å². The number of halogens is 1. The molecular weight excluding hydrogens is 163 g/mol. The largest absolute Gasteiger partial charge is 0.247 e. The maximum Gasteiger partial charge on any atom is 0.103 e. The van der Waals surface area contributed by atoms with Gasteiger partial charge in [-0.15, -0.1) is 0 Å². The minimum absolute atomic E-state index is 0.280. The van der Waals surface area contributed by atoms with Gasteiger partial charge < -0.3 is 0 Å². The second kappa shape index (κ2) is 3.91. The molecule has 0 saturated heterocycles. The number of hydrogen-bond donors (Lipinski definition) is 0. The molecule has 0 aromatic heterocycles. The van der Waals surface area contributed by atoms with E-state index in [1.54, 1.807) is 0 Å². The van der Waals surface area contributed by atoms with E-state index in [-0.39, 0.29) is 5.92 Å². The lowest BCUT2D eigenvalue weighted by atomic mass is 9.97. The highest BCUT2D eigenvalue weighted by Gasteiger charge is 2.26. The summed E-state index contributed by atoms with van der Waals surface area (Å²) in [5.41, 5.74) is 1.28. The van der Waals surface area contributed by atoms with Crippen molar-refractivity contribution in [1.29, 1.82) is 0 Å².